The number of benzene rings is 1. The van der Waals surface area contributed by atoms with Crippen molar-refractivity contribution in [2.24, 2.45) is 5.92 Å². The molecule has 1 saturated carbocycles. The molecule has 1 fully saturated rings. The minimum atomic E-state index is -0.0613. The van der Waals surface area contributed by atoms with Crippen molar-refractivity contribution in [2.75, 3.05) is 0 Å². The fourth-order valence-corrected chi connectivity index (χ4v) is 3.74. The van der Waals surface area contributed by atoms with Gasteiger partial charge in [-0.2, -0.15) is 0 Å². The largest absolute Gasteiger partial charge is 0.307 e. The number of hydrogen-bond donors (Lipinski definition) is 1. The lowest BCUT2D eigenvalue weighted by atomic mass is 9.91. The van der Waals surface area contributed by atoms with Crippen LogP contribution in [0.1, 0.15) is 38.3 Å². The Hall–Kier alpha value is -0.540. The van der Waals surface area contributed by atoms with E-state index in [1.807, 2.05) is 6.07 Å². The summed E-state index contributed by atoms with van der Waals surface area (Å²) in [5.41, 5.74) is 1.16. The first-order valence-corrected chi connectivity index (χ1v) is 7.26. The number of nitrogens with one attached hydrogen (secondary N) is 1. The summed E-state index contributed by atoms with van der Waals surface area (Å²) in [6.07, 6.45) is 2.55. The van der Waals surface area contributed by atoms with Crippen molar-refractivity contribution in [3.63, 3.8) is 0 Å². The SMILES string of the molecule is CC1Sc2c(F)cccc2C(NC2CC2)C1C. The van der Waals surface area contributed by atoms with Crippen LogP contribution in [0.5, 0.6) is 0 Å². The van der Waals surface area contributed by atoms with E-state index in [9.17, 15) is 4.39 Å². The Morgan fingerprint density at radius 1 is 1.29 bits per heavy atom. The standard InChI is InChI=1S/C14H18FNS/c1-8-9(2)17-14-11(4-3-5-12(14)15)13(8)16-10-6-7-10/h3-5,8-10,13,16H,6-7H2,1-2H3. The summed E-state index contributed by atoms with van der Waals surface area (Å²) in [6, 6.07) is 6.47. The van der Waals surface area contributed by atoms with E-state index in [0.29, 0.717) is 23.3 Å². The molecule has 1 aromatic rings. The third kappa shape index (κ3) is 2.11. The Kier molecular flexibility index (Phi) is 2.91. The zero-order valence-electron chi connectivity index (χ0n) is 10.2. The van der Waals surface area contributed by atoms with Crippen LogP contribution < -0.4 is 5.32 Å². The quantitative estimate of drug-likeness (QED) is 0.859. The van der Waals surface area contributed by atoms with E-state index < -0.39 is 0 Å². The lowest BCUT2D eigenvalue weighted by molar-refractivity contribution is 0.365. The van der Waals surface area contributed by atoms with Gasteiger partial charge < -0.3 is 5.32 Å². The molecule has 0 radical (unpaired) electrons. The second-order valence-electron chi connectivity index (χ2n) is 5.26. The Bertz CT molecular complexity index is 430. The van der Waals surface area contributed by atoms with Gasteiger partial charge in [0.25, 0.3) is 0 Å². The molecule has 17 heavy (non-hydrogen) atoms. The molecule has 0 bridgehead atoms. The van der Waals surface area contributed by atoms with Crippen molar-refractivity contribution >= 4 is 11.8 Å². The molecule has 92 valence electrons. The van der Waals surface area contributed by atoms with Gasteiger partial charge in [-0.15, -0.1) is 11.8 Å². The van der Waals surface area contributed by atoms with E-state index in [2.05, 4.69) is 25.2 Å². The molecule has 0 spiro atoms. The van der Waals surface area contributed by atoms with Gasteiger partial charge in [0.15, 0.2) is 0 Å². The number of thioether (sulfide) groups is 1. The van der Waals surface area contributed by atoms with Crippen LogP contribution in [0.25, 0.3) is 0 Å². The summed E-state index contributed by atoms with van der Waals surface area (Å²) in [5, 5.41) is 4.14. The van der Waals surface area contributed by atoms with E-state index in [-0.39, 0.29) is 5.82 Å². The predicted molar refractivity (Wildman–Crippen MR) is 69.8 cm³/mol. The highest BCUT2D eigenvalue weighted by atomic mass is 32.2. The summed E-state index contributed by atoms with van der Waals surface area (Å²) >= 11 is 1.68. The molecule has 1 N–H and O–H groups in total. The predicted octanol–water partition coefficient (Wildman–Crippen LogP) is 3.75. The molecule has 1 aliphatic carbocycles. The fourth-order valence-electron chi connectivity index (χ4n) is 2.49. The van der Waals surface area contributed by atoms with Gasteiger partial charge in [-0.1, -0.05) is 26.0 Å². The minimum absolute atomic E-state index is 0.0613. The highest BCUT2D eigenvalue weighted by Crippen LogP contribution is 2.46. The second kappa shape index (κ2) is 4.29. The Balaban J connectivity index is 1.98. The van der Waals surface area contributed by atoms with E-state index in [4.69, 9.17) is 0 Å². The maximum absolute atomic E-state index is 13.8. The highest BCUT2D eigenvalue weighted by Gasteiger charge is 2.36. The molecular weight excluding hydrogens is 233 g/mol. The van der Waals surface area contributed by atoms with Crippen LogP contribution in [-0.2, 0) is 0 Å². The third-order valence-electron chi connectivity index (χ3n) is 3.90. The highest BCUT2D eigenvalue weighted by molar-refractivity contribution is 8.00. The van der Waals surface area contributed by atoms with Crippen molar-refractivity contribution in [3.8, 4) is 0 Å². The van der Waals surface area contributed by atoms with Crippen molar-refractivity contribution in [3.05, 3.63) is 29.6 Å². The Morgan fingerprint density at radius 3 is 2.76 bits per heavy atom. The van der Waals surface area contributed by atoms with Crippen molar-refractivity contribution < 1.29 is 4.39 Å². The summed E-state index contributed by atoms with van der Waals surface area (Å²) < 4.78 is 13.8. The monoisotopic (exact) mass is 251 g/mol. The van der Waals surface area contributed by atoms with Gasteiger partial charge in [-0.05, 0) is 30.4 Å². The number of halogens is 1. The molecule has 1 aliphatic heterocycles. The van der Waals surface area contributed by atoms with Crippen molar-refractivity contribution in [1.29, 1.82) is 0 Å². The second-order valence-corrected chi connectivity index (χ2v) is 6.65. The first-order chi connectivity index (χ1) is 8.16. The smallest absolute Gasteiger partial charge is 0.137 e. The third-order valence-corrected chi connectivity index (χ3v) is 5.36. The normalized spacial score (nSPS) is 32.3. The van der Waals surface area contributed by atoms with Crippen LogP contribution in [0.2, 0.25) is 0 Å². The summed E-state index contributed by atoms with van der Waals surface area (Å²) in [4.78, 5) is 0.858. The summed E-state index contributed by atoms with van der Waals surface area (Å²) in [7, 11) is 0. The van der Waals surface area contributed by atoms with Crippen molar-refractivity contribution in [2.45, 2.75) is 48.9 Å². The lowest BCUT2D eigenvalue weighted by Gasteiger charge is -2.36. The molecule has 1 aromatic carbocycles. The lowest BCUT2D eigenvalue weighted by Crippen LogP contribution is -2.36. The molecule has 3 atom stereocenters. The number of rotatable bonds is 2. The maximum Gasteiger partial charge on any atom is 0.137 e. The van der Waals surface area contributed by atoms with E-state index in [1.165, 1.54) is 12.8 Å². The van der Waals surface area contributed by atoms with Crippen LogP contribution in [0, 0.1) is 11.7 Å². The molecule has 0 saturated heterocycles. The van der Waals surface area contributed by atoms with E-state index in [0.717, 1.165) is 10.5 Å². The van der Waals surface area contributed by atoms with Gasteiger partial charge in [0.2, 0.25) is 0 Å². The van der Waals surface area contributed by atoms with Gasteiger partial charge in [-0.3, -0.25) is 0 Å². The van der Waals surface area contributed by atoms with Gasteiger partial charge in [0, 0.05) is 22.2 Å². The fraction of sp³-hybridized carbons (Fsp3) is 0.571. The molecular formula is C14H18FNS. The maximum atomic E-state index is 13.8. The summed E-state index contributed by atoms with van der Waals surface area (Å²) in [5.74, 6) is 0.490. The molecule has 2 aliphatic rings. The Labute approximate surface area is 106 Å². The molecule has 0 aromatic heterocycles. The average Bonchev–Trinajstić information content (AvgIpc) is 3.10. The van der Waals surface area contributed by atoms with Crippen LogP contribution >= 0.6 is 11.8 Å². The topological polar surface area (TPSA) is 12.0 Å². The van der Waals surface area contributed by atoms with Crippen molar-refractivity contribution in [1.82, 2.24) is 5.32 Å². The van der Waals surface area contributed by atoms with Crippen LogP contribution in [0.15, 0.2) is 23.1 Å². The molecule has 1 nitrogen and oxygen atoms in total. The molecule has 3 heteroatoms. The average molecular weight is 251 g/mol. The molecule has 0 amide bonds. The zero-order valence-corrected chi connectivity index (χ0v) is 11.1. The molecule has 3 unspecified atom stereocenters. The Morgan fingerprint density at radius 2 is 2.06 bits per heavy atom. The zero-order chi connectivity index (χ0) is 12.0. The first kappa shape index (κ1) is 11.5. The van der Waals surface area contributed by atoms with E-state index in [1.54, 1.807) is 17.8 Å². The van der Waals surface area contributed by atoms with Gasteiger partial charge in [-0.25, -0.2) is 4.39 Å². The van der Waals surface area contributed by atoms with Gasteiger partial charge in [0.1, 0.15) is 5.82 Å². The van der Waals surface area contributed by atoms with Crippen LogP contribution in [0.3, 0.4) is 0 Å². The van der Waals surface area contributed by atoms with Gasteiger partial charge in [0.05, 0.1) is 0 Å². The first-order valence-electron chi connectivity index (χ1n) is 6.38. The number of fused-ring (bicyclic) bond motifs is 1. The van der Waals surface area contributed by atoms with Crippen LogP contribution in [0.4, 0.5) is 4.39 Å². The van der Waals surface area contributed by atoms with Crippen LogP contribution in [-0.4, -0.2) is 11.3 Å². The van der Waals surface area contributed by atoms with E-state index >= 15 is 0 Å². The number of hydrogen-bond acceptors (Lipinski definition) is 2. The molecule has 1 heterocycles. The summed E-state index contributed by atoms with van der Waals surface area (Å²) in [6.45, 7) is 4.47. The van der Waals surface area contributed by atoms with Gasteiger partial charge >= 0.3 is 0 Å². The molecule has 3 rings (SSSR count). The minimum Gasteiger partial charge on any atom is -0.307 e.